The minimum atomic E-state index is 0.0298. The summed E-state index contributed by atoms with van der Waals surface area (Å²) < 4.78 is 0. The second-order valence-electron chi connectivity index (χ2n) is 6.96. The largest absolute Gasteiger partial charge is 0.307 e. The number of hydrogen-bond acceptors (Lipinski definition) is 2. The van der Waals surface area contributed by atoms with Gasteiger partial charge in [0.05, 0.1) is 12.2 Å². The Balaban J connectivity index is 0.000000390. The Morgan fingerprint density at radius 3 is 2.09 bits per heavy atom. The average Bonchev–Trinajstić information content (AvgIpc) is 2.78. The maximum absolute atomic E-state index is 12.8. The molecule has 0 fully saturated rings. The summed E-state index contributed by atoms with van der Waals surface area (Å²) in [5.41, 5.74) is 3.69. The minimum absolute atomic E-state index is 0.0298. The van der Waals surface area contributed by atoms with Crippen molar-refractivity contribution in [3.05, 3.63) is 65.2 Å². The number of rotatable bonds is 4. The summed E-state index contributed by atoms with van der Waals surface area (Å²) in [6.07, 6.45) is 1.39. The van der Waals surface area contributed by atoms with E-state index in [-0.39, 0.29) is 11.7 Å². The van der Waals surface area contributed by atoms with Gasteiger partial charge in [-0.2, -0.15) is 0 Å². The van der Waals surface area contributed by atoms with Crippen LogP contribution in [0.2, 0.25) is 0 Å². The normalized spacial score (nSPS) is 10.0. The van der Waals surface area contributed by atoms with E-state index in [0.29, 0.717) is 25.8 Å². The standard InChI is InChI=1S/C21H19NO2.C8H6/c1-16(23)7-6-12-21(24)22-15-19-10-3-2-8-17(19)13-14-18-9-4-5-11-20(18)22;1-3-5-7-8-6-4-2/h2-5,8-11H,6-7,12,15H2,1H3;1-2H3. The third-order valence-electron chi connectivity index (χ3n) is 4.53. The van der Waals surface area contributed by atoms with E-state index in [4.69, 9.17) is 0 Å². The fourth-order valence-corrected chi connectivity index (χ4v) is 3.02. The van der Waals surface area contributed by atoms with Gasteiger partial charge in [-0.15, -0.1) is 0 Å². The first-order chi connectivity index (χ1) is 15.6. The average molecular weight is 420 g/mol. The van der Waals surface area contributed by atoms with E-state index in [1.54, 1.807) is 25.7 Å². The van der Waals surface area contributed by atoms with E-state index >= 15 is 0 Å². The molecule has 3 rings (SSSR count). The highest BCUT2D eigenvalue weighted by Crippen LogP contribution is 2.26. The van der Waals surface area contributed by atoms with Gasteiger partial charge in [0.1, 0.15) is 5.78 Å². The van der Waals surface area contributed by atoms with Gasteiger partial charge in [-0.1, -0.05) is 54.0 Å². The highest BCUT2D eigenvalue weighted by atomic mass is 16.2. The van der Waals surface area contributed by atoms with Gasteiger partial charge in [0.2, 0.25) is 5.91 Å². The number of benzene rings is 2. The van der Waals surface area contributed by atoms with Crippen LogP contribution >= 0.6 is 0 Å². The first-order valence-electron chi connectivity index (χ1n) is 10.4. The molecule has 2 aromatic rings. The van der Waals surface area contributed by atoms with Crippen molar-refractivity contribution in [3.63, 3.8) is 0 Å². The molecule has 1 heterocycles. The second kappa shape index (κ2) is 13.2. The predicted molar refractivity (Wildman–Crippen MR) is 129 cm³/mol. The molecule has 0 atom stereocenters. The van der Waals surface area contributed by atoms with E-state index in [1.807, 2.05) is 48.5 Å². The highest BCUT2D eigenvalue weighted by Gasteiger charge is 2.20. The molecule has 0 saturated heterocycles. The third-order valence-corrected chi connectivity index (χ3v) is 4.53. The van der Waals surface area contributed by atoms with Crippen LogP contribution < -0.4 is 4.90 Å². The number of para-hydroxylation sites is 1. The van der Waals surface area contributed by atoms with Crippen molar-refractivity contribution in [2.75, 3.05) is 4.90 Å². The molecule has 0 unspecified atom stereocenters. The van der Waals surface area contributed by atoms with Crippen molar-refractivity contribution in [1.29, 1.82) is 0 Å². The topological polar surface area (TPSA) is 37.4 Å². The summed E-state index contributed by atoms with van der Waals surface area (Å²) in [5.74, 6) is 22.0. The SMILES string of the molecule is CC#CC#CC#CC.CC(=O)CCCC(=O)N1Cc2ccccc2C#Cc2ccccc21. The number of hydrogen-bond donors (Lipinski definition) is 0. The van der Waals surface area contributed by atoms with Crippen molar-refractivity contribution < 1.29 is 9.59 Å². The number of amides is 1. The number of fused-ring (bicyclic) bond motifs is 2. The summed E-state index contributed by atoms with van der Waals surface area (Å²) in [6.45, 7) is 5.55. The van der Waals surface area contributed by atoms with E-state index in [9.17, 15) is 9.59 Å². The molecule has 1 amide bonds. The van der Waals surface area contributed by atoms with Crippen LogP contribution in [-0.4, -0.2) is 11.7 Å². The lowest BCUT2D eigenvalue weighted by Gasteiger charge is -2.26. The van der Waals surface area contributed by atoms with Crippen LogP contribution in [0.25, 0.3) is 0 Å². The predicted octanol–water partition coefficient (Wildman–Crippen LogP) is 4.73. The molecule has 1 aliphatic heterocycles. The first kappa shape index (κ1) is 24.1. The van der Waals surface area contributed by atoms with Crippen molar-refractivity contribution in [2.24, 2.45) is 0 Å². The molecule has 0 saturated carbocycles. The monoisotopic (exact) mass is 419 g/mol. The molecule has 158 valence electrons. The van der Waals surface area contributed by atoms with Crippen molar-refractivity contribution in [3.8, 4) is 47.4 Å². The van der Waals surface area contributed by atoms with Crippen LogP contribution in [-0.2, 0) is 16.1 Å². The molecule has 0 aromatic heterocycles. The Morgan fingerprint density at radius 2 is 1.44 bits per heavy atom. The molecule has 3 heteroatoms. The summed E-state index contributed by atoms with van der Waals surface area (Å²) in [6, 6.07) is 15.6. The molecule has 32 heavy (non-hydrogen) atoms. The van der Waals surface area contributed by atoms with Crippen LogP contribution in [0.15, 0.2) is 48.5 Å². The van der Waals surface area contributed by atoms with Gasteiger partial charge in [-0.25, -0.2) is 0 Å². The number of nitrogens with zero attached hydrogens (tertiary/aromatic N) is 1. The van der Waals surface area contributed by atoms with Gasteiger partial charge in [-0.3, -0.25) is 4.79 Å². The summed E-state index contributed by atoms with van der Waals surface area (Å²) in [4.78, 5) is 25.7. The molecule has 0 radical (unpaired) electrons. The Kier molecular flexibility index (Phi) is 9.93. The summed E-state index contributed by atoms with van der Waals surface area (Å²) >= 11 is 0. The zero-order valence-corrected chi connectivity index (χ0v) is 18.7. The van der Waals surface area contributed by atoms with E-state index in [0.717, 1.165) is 22.4 Å². The lowest BCUT2D eigenvalue weighted by molar-refractivity contribution is -0.119. The number of carbonyl (C=O) groups is 2. The highest BCUT2D eigenvalue weighted by molar-refractivity contribution is 5.95. The maximum atomic E-state index is 12.8. The van der Waals surface area contributed by atoms with Crippen LogP contribution in [0, 0.1) is 47.4 Å². The van der Waals surface area contributed by atoms with Crippen LogP contribution in [0.1, 0.15) is 56.7 Å². The van der Waals surface area contributed by atoms with Crippen LogP contribution in [0.4, 0.5) is 5.69 Å². The maximum Gasteiger partial charge on any atom is 0.227 e. The fourth-order valence-electron chi connectivity index (χ4n) is 3.02. The third kappa shape index (κ3) is 7.58. The molecule has 0 N–H and O–H groups in total. The molecule has 3 nitrogen and oxygen atoms in total. The van der Waals surface area contributed by atoms with Crippen LogP contribution in [0.5, 0.6) is 0 Å². The molecule has 1 aliphatic rings. The van der Waals surface area contributed by atoms with Gasteiger partial charge in [0.15, 0.2) is 0 Å². The molecule has 0 aliphatic carbocycles. The lowest BCUT2D eigenvalue weighted by atomic mass is 10.0. The van der Waals surface area contributed by atoms with Crippen molar-refractivity contribution in [2.45, 2.75) is 46.6 Å². The smallest absolute Gasteiger partial charge is 0.227 e. The van der Waals surface area contributed by atoms with Crippen molar-refractivity contribution >= 4 is 17.4 Å². The van der Waals surface area contributed by atoms with Crippen LogP contribution in [0.3, 0.4) is 0 Å². The number of Topliss-reactive ketones (excluding diaryl/α,β-unsaturated/α-hetero) is 1. The van der Waals surface area contributed by atoms with E-state index in [2.05, 4.69) is 47.4 Å². The molecule has 0 bridgehead atoms. The zero-order chi connectivity index (χ0) is 23.2. The molecular weight excluding hydrogens is 394 g/mol. The van der Waals surface area contributed by atoms with E-state index < -0.39 is 0 Å². The number of ketones is 1. The number of anilines is 1. The Bertz CT molecular complexity index is 1200. The fraction of sp³-hybridized carbons (Fsp3) is 0.241. The molecular formula is C29H25NO2. The lowest BCUT2D eigenvalue weighted by Crippen LogP contribution is -2.31. The molecule has 2 aromatic carbocycles. The molecule has 0 spiro atoms. The minimum Gasteiger partial charge on any atom is -0.307 e. The van der Waals surface area contributed by atoms with E-state index in [1.165, 1.54) is 0 Å². The Morgan fingerprint density at radius 1 is 0.844 bits per heavy atom. The van der Waals surface area contributed by atoms with Gasteiger partial charge in [-0.05, 0) is 74.6 Å². The van der Waals surface area contributed by atoms with Gasteiger partial charge >= 0.3 is 0 Å². The zero-order valence-electron chi connectivity index (χ0n) is 18.7. The van der Waals surface area contributed by atoms with Gasteiger partial charge < -0.3 is 9.69 Å². The second-order valence-corrected chi connectivity index (χ2v) is 6.96. The summed E-state index contributed by atoms with van der Waals surface area (Å²) in [5, 5.41) is 0. The first-order valence-corrected chi connectivity index (χ1v) is 10.4. The number of carbonyl (C=O) groups excluding carboxylic acids is 2. The Labute approximate surface area is 191 Å². The Hall–Kier alpha value is -4.18. The van der Waals surface area contributed by atoms with Gasteiger partial charge in [0, 0.05) is 24.0 Å². The summed E-state index contributed by atoms with van der Waals surface area (Å²) in [7, 11) is 0. The van der Waals surface area contributed by atoms with Gasteiger partial charge in [0.25, 0.3) is 0 Å². The quantitative estimate of drug-likeness (QED) is 0.672. The van der Waals surface area contributed by atoms with Crippen molar-refractivity contribution in [1.82, 2.24) is 0 Å².